The Kier molecular flexibility index (Phi) is 1.41. The van der Waals surface area contributed by atoms with Crippen molar-refractivity contribution in [2.75, 3.05) is 0 Å². The maximum atomic E-state index is 5.52. The molecule has 0 aromatic carbocycles. The molecule has 2 atom stereocenters. The third-order valence-corrected chi connectivity index (χ3v) is 2.52. The first-order chi connectivity index (χ1) is 6.45. The van der Waals surface area contributed by atoms with Crippen molar-refractivity contribution in [2.45, 2.75) is 12.2 Å². The molecule has 0 aromatic heterocycles. The van der Waals surface area contributed by atoms with E-state index >= 15 is 0 Å². The van der Waals surface area contributed by atoms with Crippen LogP contribution in [-0.2, 0) is 4.74 Å². The Labute approximate surface area is 77.4 Å². The molecule has 13 heavy (non-hydrogen) atoms. The van der Waals surface area contributed by atoms with Crippen molar-refractivity contribution in [2.24, 2.45) is 0 Å². The maximum Gasteiger partial charge on any atom is 0.114 e. The lowest BCUT2D eigenvalue weighted by Gasteiger charge is -2.01. The topological polar surface area (TPSA) is 12.5 Å². The van der Waals surface area contributed by atoms with Crippen LogP contribution < -0.4 is 0 Å². The van der Waals surface area contributed by atoms with E-state index in [0.717, 1.165) is 0 Å². The second kappa shape index (κ2) is 2.57. The molecule has 2 unspecified atom stereocenters. The SMILES string of the molecule is C1=CC=C2C(=CC=CC3OC23)C=C1. The van der Waals surface area contributed by atoms with Gasteiger partial charge >= 0.3 is 0 Å². The van der Waals surface area contributed by atoms with E-state index in [1.165, 1.54) is 11.1 Å². The molecule has 64 valence electrons. The Morgan fingerprint density at radius 2 is 2.00 bits per heavy atom. The first-order valence-corrected chi connectivity index (χ1v) is 4.54. The number of hydrogen-bond acceptors (Lipinski definition) is 1. The van der Waals surface area contributed by atoms with E-state index in [1.807, 2.05) is 6.08 Å². The highest BCUT2D eigenvalue weighted by Gasteiger charge is 2.41. The van der Waals surface area contributed by atoms with Gasteiger partial charge in [-0.05, 0) is 11.1 Å². The molecule has 0 spiro atoms. The standard InChI is InChI=1S/C12H10O/c1-2-5-9-6-4-8-11-12(13-11)10(9)7-3-1/h1-8,11-12H. The minimum Gasteiger partial charge on any atom is -0.360 e. The van der Waals surface area contributed by atoms with Crippen molar-refractivity contribution in [3.63, 3.8) is 0 Å². The molecule has 2 aliphatic carbocycles. The Hall–Kier alpha value is -1.34. The molecule has 1 heterocycles. The molecule has 0 bridgehead atoms. The lowest BCUT2D eigenvalue weighted by Crippen LogP contribution is -1.96. The zero-order valence-corrected chi connectivity index (χ0v) is 7.18. The molecule has 0 saturated carbocycles. The van der Waals surface area contributed by atoms with E-state index in [-0.39, 0.29) is 0 Å². The summed E-state index contributed by atoms with van der Waals surface area (Å²) in [5, 5.41) is 0. The summed E-state index contributed by atoms with van der Waals surface area (Å²) < 4.78 is 5.52. The van der Waals surface area contributed by atoms with Crippen molar-refractivity contribution in [3.8, 4) is 0 Å². The van der Waals surface area contributed by atoms with Crippen LogP contribution in [0.15, 0.2) is 59.8 Å². The molecule has 0 amide bonds. The molecule has 1 heteroatoms. The largest absolute Gasteiger partial charge is 0.360 e. The molecule has 3 rings (SSSR count). The fourth-order valence-electron chi connectivity index (χ4n) is 1.78. The smallest absolute Gasteiger partial charge is 0.114 e. The van der Waals surface area contributed by atoms with Crippen LogP contribution in [0.2, 0.25) is 0 Å². The number of allylic oxidation sites excluding steroid dienone is 7. The van der Waals surface area contributed by atoms with E-state index in [2.05, 4.69) is 42.5 Å². The monoisotopic (exact) mass is 170 g/mol. The Morgan fingerprint density at radius 3 is 3.00 bits per heavy atom. The van der Waals surface area contributed by atoms with Crippen LogP contribution in [-0.4, -0.2) is 12.2 Å². The normalized spacial score (nSPS) is 33.8. The molecule has 0 radical (unpaired) electrons. The summed E-state index contributed by atoms with van der Waals surface area (Å²) >= 11 is 0. The summed E-state index contributed by atoms with van der Waals surface area (Å²) in [7, 11) is 0. The van der Waals surface area contributed by atoms with Crippen molar-refractivity contribution in [1.29, 1.82) is 0 Å². The highest BCUT2D eigenvalue weighted by molar-refractivity contribution is 5.52. The van der Waals surface area contributed by atoms with Gasteiger partial charge < -0.3 is 4.74 Å². The Morgan fingerprint density at radius 1 is 1.00 bits per heavy atom. The summed E-state index contributed by atoms with van der Waals surface area (Å²) in [6, 6.07) is 0. The quantitative estimate of drug-likeness (QED) is 0.508. The predicted octanol–water partition coefficient (Wildman–Crippen LogP) is 2.30. The Bertz CT molecular complexity index is 380. The van der Waals surface area contributed by atoms with Crippen molar-refractivity contribution in [3.05, 3.63) is 59.8 Å². The maximum absolute atomic E-state index is 5.52. The third-order valence-electron chi connectivity index (χ3n) is 2.52. The summed E-state index contributed by atoms with van der Waals surface area (Å²) in [6.07, 6.45) is 17.4. The van der Waals surface area contributed by atoms with Crippen LogP contribution in [0.5, 0.6) is 0 Å². The number of ether oxygens (including phenoxy) is 1. The first kappa shape index (κ1) is 7.10. The van der Waals surface area contributed by atoms with E-state index < -0.39 is 0 Å². The molecule has 1 aliphatic heterocycles. The average molecular weight is 170 g/mol. The van der Waals surface area contributed by atoms with E-state index in [1.54, 1.807) is 0 Å². The molecule has 1 nitrogen and oxygen atoms in total. The van der Waals surface area contributed by atoms with Crippen molar-refractivity contribution in [1.82, 2.24) is 0 Å². The second-order valence-electron chi connectivity index (χ2n) is 3.39. The highest BCUT2D eigenvalue weighted by atomic mass is 16.6. The van der Waals surface area contributed by atoms with Crippen molar-refractivity contribution >= 4 is 0 Å². The van der Waals surface area contributed by atoms with Gasteiger partial charge in [-0.15, -0.1) is 0 Å². The van der Waals surface area contributed by atoms with Crippen LogP contribution >= 0.6 is 0 Å². The van der Waals surface area contributed by atoms with Gasteiger partial charge in [-0.3, -0.25) is 0 Å². The van der Waals surface area contributed by atoms with Gasteiger partial charge in [-0.1, -0.05) is 48.6 Å². The lowest BCUT2D eigenvalue weighted by atomic mass is 10.0. The van der Waals surface area contributed by atoms with Gasteiger partial charge in [0.15, 0.2) is 0 Å². The van der Waals surface area contributed by atoms with Gasteiger partial charge in [-0.2, -0.15) is 0 Å². The van der Waals surface area contributed by atoms with Gasteiger partial charge in [0.2, 0.25) is 0 Å². The van der Waals surface area contributed by atoms with E-state index in [9.17, 15) is 0 Å². The molecule has 1 saturated heterocycles. The zero-order chi connectivity index (χ0) is 8.67. The van der Waals surface area contributed by atoms with Crippen LogP contribution in [0.3, 0.4) is 0 Å². The average Bonchev–Trinajstić information content (AvgIpc) is 2.83. The van der Waals surface area contributed by atoms with E-state index in [4.69, 9.17) is 4.74 Å². The molecular formula is C12H10O. The van der Waals surface area contributed by atoms with Crippen molar-refractivity contribution < 1.29 is 4.74 Å². The zero-order valence-electron chi connectivity index (χ0n) is 7.18. The number of fused-ring (bicyclic) bond motifs is 3. The van der Waals surface area contributed by atoms with Crippen LogP contribution in [0.1, 0.15) is 0 Å². The molecule has 3 aliphatic rings. The van der Waals surface area contributed by atoms with Crippen LogP contribution in [0.4, 0.5) is 0 Å². The molecule has 0 N–H and O–H groups in total. The summed E-state index contributed by atoms with van der Waals surface area (Å²) in [4.78, 5) is 0. The van der Waals surface area contributed by atoms with Gasteiger partial charge in [0, 0.05) is 0 Å². The third kappa shape index (κ3) is 1.12. The first-order valence-electron chi connectivity index (χ1n) is 4.54. The highest BCUT2D eigenvalue weighted by Crippen LogP contribution is 2.37. The number of hydrogen-bond donors (Lipinski definition) is 0. The van der Waals surface area contributed by atoms with Gasteiger partial charge in [0.1, 0.15) is 12.2 Å². The summed E-state index contributed by atoms with van der Waals surface area (Å²) in [5.41, 5.74) is 2.58. The molecule has 1 fully saturated rings. The van der Waals surface area contributed by atoms with Gasteiger partial charge in [-0.25, -0.2) is 0 Å². The minimum atomic E-state index is 0.303. The lowest BCUT2D eigenvalue weighted by molar-refractivity contribution is 0.408. The predicted molar refractivity (Wildman–Crippen MR) is 52.2 cm³/mol. The summed E-state index contributed by atoms with van der Waals surface area (Å²) in [6.45, 7) is 0. The fourth-order valence-corrected chi connectivity index (χ4v) is 1.78. The van der Waals surface area contributed by atoms with E-state index in [0.29, 0.717) is 12.2 Å². The fraction of sp³-hybridized carbons (Fsp3) is 0.167. The van der Waals surface area contributed by atoms with Gasteiger partial charge in [0.25, 0.3) is 0 Å². The number of epoxide rings is 1. The van der Waals surface area contributed by atoms with Crippen LogP contribution in [0, 0.1) is 0 Å². The molecule has 0 aromatic rings. The minimum absolute atomic E-state index is 0.303. The van der Waals surface area contributed by atoms with Gasteiger partial charge in [0.05, 0.1) is 0 Å². The second-order valence-corrected chi connectivity index (χ2v) is 3.39. The van der Waals surface area contributed by atoms with Crippen LogP contribution in [0.25, 0.3) is 0 Å². The molecular weight excluding hydrogens is 160 g/mol. The Balaban J connectivity index is 2.09. The summed E-state index contributed by atoms with van der Waals surface area (Å²) in [5.74, 6) is 0. The number of rotatable bonds is 0.